The normalized spacial score (nSPS) is 19.7. The van der Waals surface area contributed by atoms with Gasteiger partial charge in [0.1, 0.15) is 6.10 Å². The van der Waals surface area contributed by atoms with Gasteiger partial charge in [0.05, 0.1) is 5.69 Å². The van der Waals surface area contributed by atoms with Crippen LogP contribution in [0.15, 0.2) is 54.7 Å². The van der Waals surface area contributed by atoms with Crippen molar-refractivity contribution in [2.24, 2.45) is 0 Å². The Bertz CT molecular complexity index is 546. The van der Waals surface area contributed by atoms with Crippen LogP contribution in [0, 0.1) is 0 Å². The number of aliphatic hydroxyl groups is 1. The highest BCUT2D eigenvalue weighted by molar-refractivity contribution is 5.47. The van der Waals surface area contributed by atoms with Gasteiger partial charge in [-0.2, -0.15) is 0 Å². The maximum Gasteiger partial charge on any atom is 0.108 e. The Balaban J connectivity index is 1.49. The molecule has 0 saturated carbocycles. The first kappa shape index (κ1) is 14.0. The number of hydrogen-bond acceptors (Lipinski definition) is 4. The number of nitrogens with zero attached hydrogens (tertiary/aromatic N) is 2. The number of aliphatic hydroxyl groups excluding tert-OH is 1. The van der Waals surface area contributed by atoms with Gasteiger partial charge in [0.15, 0.2) is 0 Å². The minimum Gasteiger partial charge on any atom is -0.385 e. The van der Waals surface area contributed by atoms with Gasteiger partial charge < -0.3 is 15.3 Å². The molecule has 4 nitrogen and oxygen atoms in total. The molecule has 110 valence electrons. The van der Waals surface area contributed by atoms with Crippen molar-refractivity contribution in [1.82, 2.24) is 10.3 Å². The summed E-state index contributed by atoms with van der Waals surface area (Å²) in [5, 5.41) is 13.6. The summed E-state index contributed by atoms with van der Waals surface area (Å²) in [7, 11) is 0. The van der Waals surface area contributed by atoms with E-state index < -0.39 is 6.10 Å². The first-order valence-corrected chi connectivity index (χ1v) is 7.45. The lowest BCUT2D eigenvalue weighted by Crippen LogP contribution is -2.35. The lowest BCUT2D eigenvalue weighted by atomic mass is 10.2. The number of pyridine rings is 1. The molecule has 0 aliphatic carbocycles. The topological polar surface area (TPSA) is 48.4 Å². The zero-order valence-corrected chi connectivity index (χ0v) is 12.0. The molecular formula is C17H21N3O. The Morgan fingerprint density at radius 1 is 1.19 bits per heavy atom. The van der Waals surface area contributed by atoms with Gasteiger partial charge in [0.2, 0.25) is 0 Å². The third kappa shape index (κ3) is 3.60. The van der Waals surface area contributed by atoms with Gasteiger partial charge in [0.25, 0.3) is 0 Å². The molecule has 2 unspecified atom stereocenters. The molecule has 1 aromatic heterocycles. The minimum atomic E-state index is -0.544. The van der Waals surface area contributed by atoms with Crippen LogP contribution in [0.25, 0.3) is 0 Å². The quantitative estimate of drug-likeness (QED) is 0.881. The molecule has 21 heavy (non-hydrogen) atoms. The van der Waals surface area contributed by atoms with Gasteiger partial charge >= 0.3 is 0 Å². The molecule has 2 atom stereocenters. The van der Waals surface area contributed by atoms with Crippen LogP contribution < -0.4 is 10.2 Å². The van der Waals surface area contributed by atoms with Crippen LogP contribution in [-0.2, 0) is 0 Å². The number of aromatic nitrogens is 1. The number of hydrogen-bond donors (Lipinski definition) is 2. The second kappa shape index (κ2) is 6.70. The molecule has 1 aliphatic heterocycles. The summed E-state index contributed by atoms with van der Waals surface area (Å²) in [5.74, 6) is 0. The molecule has 3 rings (SSSR count). The van der Waals surface area contributed by atoms with Crippen LogP contribution >= 0.6 is 0 Å². The SMILES string of the molecule is OC(CNC1CCN(c2ccccc2)C1)c1ccccn1. The maximum atomic E-state index is 10.1. The van der Waals surface area contributed by atoms with E-state index in [0.717, 1.165) is 25.2 Å². The fourth-order valence-electron chi connectivity index (χ4n) is 2.76. The van der Waals surface area contributed by atoms with Crippen molar-refractivity contribution < 1.29 is 5.11 Å². The lowest BCUT2D eigenvalue weighted by Gasteiger charge is -2.19. The Labute approximate surface area is 125 Å². The van der Waals surface area contributed by atoms with Crippen LogP contribution in [0.1, 0.15) is 18.2 Å². The number of anilines is 1. The third-order valence-electron chi connectivity index (χ3n) is 3.94. The highest BCUT2D eigenvalue weighted by Crippen LogP contribution is 2.20. The summed E-state index contributed by atoms with van der Waals surface area (Å²) in [6, 6.07) is 16.5. The number of rotatable bonds is 5. The van der Waals surface area contributed by atoms with E-state index in [4.69, 9.17) is 0 Å². The van der Waals surface area contributed by atoms with E-state index in [2.05, 4.69) is 39.5 Å². The van der Waals surface area contributed by atoms with Gasteiger partial charge in [-0.3, -0.25) is 4.98 Å². The van der Waals surface area contributed by atoms with Crippen molar-refractivity contribution in [1.29, 1.82) is 0 Å². The second-order valence-corrected chi connectivity index (χ2v) is 5.45. The molecular weight excluding hydrogens is 262 g/mol. The van der Waals surface area contributed by atoms with Gasteiger partial charge in [0, 0.05) is 37.6 Å². The first-order valence-electron chi connectivity index (χ1n) is 7.45. The van der Waals surface area contributed by atoms with Crippen molar-refractivity contribution in [3.8, 4) is 0 Å². The summed E-state index contributed by atoms with van der Waals surface area (Å²) in [4.78, 5) is 6.57. The van der Waals surface area contributed by atoms with Gasteiger partial charge in [-0.05, 0) is 30.7 Å². The summed E-state index contributed by atoms with van der Waals surface area (Å²) in [5.41, 5.74) is 2.00. The van der Waals surface area contributed by atoms with E-state index in [0.29, 0.717) is 12.6 Å². The smallest absolute Gasteiger partial charge is 0.108 e. The molecule has 0 radical (unpaired) electrons. The molecule has 1 saturated heterocycles. The van der Waals surface area contributed by atoms with Crippen molar-refractivity contribution in [3.63, 3.8) is 0 Å². The van der Waals surface area contributed by atoms with E-state index in [-0.39, 0.29) is 0 Å². The molecule has 1 aromatic carbocycles. The van der Waals surface area contributed by atoms with Crippen molar-refractivity contribution in [2.75, 3.05) is 24.5 Å². The molecule has 0 amide bonds. The summed E-state index contributed by atoms with van der Waals surface area (Å²) >= 11 is 0. The Hall–Kier alpha value is -1.91. The third-order valence-corrected chi connectivity index (χ3v) is 3.94. The monoisotopic (exact) mass is 283 g/mol. The van der Waals surface area contributed by atoms with Crippen LogP contribution in [0.2, 0.25) is 0 Å². The summed E-state index contributed by atoms with van der Waals surface area (Å²) in [6.07, 6.45) is 2.27. The Morgan fingerprint density at radius 3 is 2.76 bits per heavy atom. The van der Waals surface area contributed by atoms with E-state index in [9.17, 15) is 5.11 Å². The van der Waals surface area contributed by atoms with Crippen LogP contribution in [0.4, 0.5) is 5.69 Å². The van der Waals surface area contributed by atoms with Crippen molar-refractivity contribution in [3.05, 3.63) is 60.4 Å². The average molecular weight is 283 g/mol. The summed E-state index contributed by atoms with van der Waals surface area (Å²) in [6.45, 7) is 2.59. The molecule has 0 spiro atoms. The number of para-hydroxylation sites is 1. The fraction of sp³-hybridized carbons (Fsp3) is 0.353. The fourth-order valence-corrected chi connectivity index (χ4v) is 2.76. The highest BCUT2D eigenvalue weighted by Gasteiger charge is 2.23. The molecule has 4 heteroatoms. The standard InChI is InChI=1S/C17H21N3O/c21-17(16-8-4-5-10-18-16)12-19-14-9-11-20(13-14)15-6-2-1-3-7-15/h1-8,10,14,17,19,21H,9,11-13H2. The van der Waals surface area contributed by atoms with E-state index in [1.54, 1.807) is 6.20 Å². The van der Waals surface area contributed by atoms with E-state index >= 15 is 0 Å². The van der Waals surface area contributed by atoms with Crippen LogP contribution in [-0.4, -0.2) is 35.8 Å². The minimum absolute atomic E-state index is 0.420. The van der Waals surface area contributed by atoms with Crippen molar-refractivity contribution in [2.45, 2.75) is 18.6 Å². The largest absolute Gasteiger partial charge is 0.385 e. The van der Waals surface area contributed by atoms with E-state index in [1.807, 2.05) is 24.3 Å². The Morgan fingerprint density at radius 2 is 2.00 bits per heavy atom. The van der Waals surface area contributed by atoms with Crippen LogP contribution in [0.5, 0.6) is 0 Å². The Kier molecular flexibility index (Phi) is 4.48. The van der Waals surface area contributed by atoms with Gasteiger partial charge in [-0.1, -0.05) is 24.3 Å². The lowest BCUT2D eigenvalue weighted by molar-refractivity contribution is 0.166. The summed E-state index contributed by atoms with van der Waals surface area (Å²) < 4.78 is 0. The predicted molar refractivity (Wildman–Crippen MR) is 84.3 cm³/mol. The molecule has 2 N–H and O–H groups in total. The maximum absolute atomic E-state index is 10.1. The predicted octanol–water partition coefficient (Wildman–Crippen LogP) is 1.98. The van der Waals surface area contributed by atoms with Gasteiger partial charge in [-0.15, -0.1) is 0 Å². The van der Waals surface area contributed by atoms with Crippen molar-refractivity contribution >= 4 is 5.69 Å². The molecule has 1 aliphatic rings. The number of nitrogens with one attached hydrogen (secondary N) is 1. The first-order chi connectivity index (χ1) is 10.3. The average Bonchev–Trinajstić information content (AvgIpc) is 3.03. The second-order valence-electron chi connectivity index (χ2n) is 5.45. The molecule has 2 aromatic rings. The highest BCUT2D eigenvalue weighted by atomic mass is 16.3. The molecule has 0 bridgehead atoms. The zero-order chi connectivity index (χ0) is 14.5. The van der Waals surface area contributed by atoms with Gasteiger partial charge in [-0.25, -0.2) is 0 Å². The molecule has 2 heterocycles. The number of benzene rings is 1. The van der Waals surface area contributed by atoms with E-state index in [1.165, 1.54) is 5.69 Å². The molecule has 1 fully saturated rings. The zero-order valence-electron chi connectivity index (χ0n) is 12.0. The van der Waals surface area contributed by atoms with Crippen LogP contribution in [0.3, 0.4) is 0 Å².